The fraction of sp³-hybridized carbons (Fsp3) is 0.375. The van der Waals surface area contributed by atoms with Gasteiger partial charge in [0.2, 0.25) is 0 Å². The Kier molecular flexibility index (Phi) is 5.47. The molecule has 0 bridgehead atoms. The zero-order valence-corrected chi connectivity index (χ0v) is 13.2. The lowest BCUT2D eigenvalue weighted by Gasteiger charge is -2.01. The van der Waals surface area contributed by atoms with E-state index in [0.29, 0.717) is 6.54 Å². The van der Waals surface area contributed by atoms with Crippen molar-refractivity contribution in [3.8, 4) is 11.3 Å². The molecular weight excluding hydrogens is 284 g/mol. The standard InChI is InChI=1S/C16H20N2O2S/c1-3-12-4-6-13(7-5-12)16-11(2)21-14(18-16)8-9-17-10-15(19)20/h4-7,17H,3,8-10H2,1-2H3,(H,19,20). The molecule has 0 aliphatic rings. The summed E-state index contributed by atoms with van der Waals surface area (Å²) in [6.07, 6.45) is 1.79. The number of hydrogen-bond acceptors (Lipinski definition) is 4. The first kappa shape index (κ1) is 15.7. The second-order valence-electron chi connectivity index (χ2n) is 4.88. The Balaban J connectivity index is 2.02. The van der Waals surface area contributed by atoms with Crippen molar-refractivity contribution in [3.05, 3.63) is 39.7 Å². The van der Waals surface area contributed by atoms with Gasteiger partial charge in [-0.3, -0.25) is 4.79 Å². The smallest absolute Gasteiger partial charge is 0.317 e. The van der Waals surface area contributed by atoms with E-state index in [1.807, 2.05) is 0 Å². The molecule has 0 saturated heterocycles. The second-order valence-corrected chi connectivity index (χ2v) is 6.17. The van der Waals surface area contributed by atoms with Gasteiger partial charge in [0.1, 0.15) is 0 Å². The first-order valence-corrected chi connectivity index (χ1v) is 7.90. The van der Waals surface area contributed by atoms with Crippen molar-refractivity contribution >= 4 is 17.3 Å². The molecule has 112 valence electrons. The van der Waals surface area contributed by atoms with Gasteiger partial charge in [0.25, 0.3) is 0 Å². The van der Waals surface area contributed by atoms with E-state index in [0.717, 1.165) is 29.1 Å². The van der Waals surface area contributed by atoms with Gasteiger partial charge in [-0.25, -0.2) is 4.98 Å². The van der Waals surface area contributed by atoms with Gasteiger partial charge in [-0.15, -0.1) is 11.3 Å². The fourth-order valence-electron chi connectivity index (χ4n) is 2.12. The number of carboxylic acid groups (broad SMARTS) is 1. The molecule has 4 nitrogen and oxygen atoms in total. The van der Waals surface area contributed by atoms with Crippen molar-refractivity contribution < 1.29 is 9.90 Å². The highest BCUT2D eigenvalue weighted by atomic mass is 32.1. The van der Waals surface area contributed by atoms with Gasteiger partial charge >= 0.3 is 5.97 Å². The Hall–Kier alpha value is -1.72. The molecule has 2 N–H and O–H groups in total. The van der Waals surface area contributed by atoms with Crippen molar-refractivity contribution in [1.29, 1.82) is 0 Å². The number of nitrogens with one attached hydrogen (secondary N) is 1. The molecule has 0 saturated carbocycles. The van der Waals surface area contributed by atoms with Crippen LogP contribution in [0.15, 0.2) is 24.3 Å². The molecule has 1 heterocycles. The van der Waals surface area contributed by atoms with Crippen LogP contribution in [0.3, 0.4) is 0 Å². The molecular formula is C16H20N2O2S. The average Bonchev–Trinajstić information content (AvgIpc) is 2.84. The van der Waals surface area contributed by atoms with Gasteiger partial charge in [0.05, 0.1) is 17.2 Å². The highest BCUT2D eigenvalue weighted by molar-refractivity contribution is 7.12. The summed E-state index contributed by atoms with van der Waals surface area (Å²) in [7, 11) is 0. The number of rotatable bonds is 7. The summed E-state index contributed by atoms with van der Waals surface area (Å²) >= 11 is 1.68. The quantitative estimate of drug-likeness (QED) is 0.772. The fourth-order valence-corrected chi connectivity index (χ4v) is 3.07. The van der Waals surface area contributed by atoms with Gasteiger partial charge in [0, 0.05) is 23.4 Å². The van der Waals surface area contributed by atoms with E-state index >= 15 is 0 Å². The van der Waals surface area contributed by atoms with E-state index in [1.165, 1.54) is 10.4 Å². The summed E-state index contributed by atoms with van der Waals surface area (Å²) < 4.78 is 0. The molecule has 0 amide bonds. The van der Waals surface area contributed by atoms with E-state index in [4.69, 9.17) is 5.11 Å². The highest BCUT2D eigenvalue weighted by Gasteiger charge is 2.09. The molecule has 0 aliphatic carbocycles. The summed E-state index contributed by atoms with van der Waals surface area (Å²) in [6.45, 7) is 4.85. The van der Waals surface area contributed by atoms with Crippen molar-refractivity contribution in [2.75, 3.05) is 13.1 Å². The number of hydrogen-bond donors (Lipinski definition) is 2. The van der Waals surface area contributed by atoms with Gasteiger partial charge in [-0.2, -0.15) is 0 Å². The predicted octanol–water partition coefficient (Wildman–Crippen LogP) is 2.90. The molecule has 2 aromatic rings. The van der Waals surface area contributed by atoms with Gasteiger partial charge in [-0.1, -0.05) is 31.2 Å². The molecule has 0 spiro atoms. The SMILES string of the molecule is CCc1ccc(-c2nc(CCNCC(=O)O)sc2C)cc1. The Morgan fingerprint density at radius 3 is 2.67 bits per heavy atom. The summed E-state index contributed by atoms with van der Waals surface area (Å²) in [5.41, 5.74) is 3.51. The van der Waals surface area contributed by atoms with E-state index in [2.05, 4.69) is 48.4 Å². The van der Waals surface area contributed by atoms with Crippen molar-refractivity contribution in [2.45, 2.75) is 26.7 Å². The molecule has 0 aliphatic heterocycles. The van der Waals surface area contributed by atoms with E-state index in [1.54, 1.807) is 11.3 Å². The van der Waals surface area contributed by atoms with E-state index in [9.17, 15) is 4.79 Å². The summed E-state index contributed by atoms with van der Waals surface area (Å²) in [5, 5.41) is 12.5. The number of aliphatic carboxylic acids is 1. The molecule has 0 unspecified atom stereocenters. The van der Waals surface area contributed by atoms with Crippen LogP contribution in [0.4, 0.5) is 0 Å². The van der Waals surface area contributed by atoms with Crippen LogP contribution in [-0.4, -0.2) is 29.1 Å². The van der Waals surface area contributed by atoms with Crippen molar-refractivity contribution in [2.24, 2.45) is 0 Å². The largest absolute Gasteiger partial charge is 0.480 e. The Morgan fingerprint density at radius 2 is 2.05 bits per heavy atom. The van der Waals surface area contributed by atoms with Crippen molar-refractivity contribution in [1.82, 2.24) is 10.3 Å². The molecule has 0 fully saturated rings. The molecule has 21 heavy (non-hydrogen) atoms. The Labute approximate surface area is 128 Å². The number of thiazole rings is 1. The summed E-state index contributed by atoms with van der Waals surface area (Å²) in [4.78, 5) is 16.3. The third-order valence-corrected chi connectivity index (χ3v) is 4.30. The topological polar surface area (TPSA) is 62.2 Å². The minimum Gasteiger partial charge on any atom is -0.480 e. The Morgan fingerprint density at radius 1 is 1.33 bits per heavy atom. The van der Waals surface area contributed by atoms with Gasteiger partial charge in [0.15, 0.2) is 0 Å². The highest BCUT2D eigenvalue weighted by Crippen LogP contribution is 2.27. The molecule has 2 rings (SSSR count). The molecule has 0 radical (unpaired) electrons. The lowest BCUT2D eigenvalue weighted by Crippen LogP contribution is -2.24. The van der Waals surface area contributed by atoms with Crippen LogP contribution in [0.5, 0.6) is 0 Å². The maximum Gasteiger partial charge on any atom is 0.317 e. The normalized spacial score (nSPS) is 10.8. The average molecular weight is 304 g/mol. The maximum absolute atomic E-state index is 10.4. The van der Waals surface area contributed by atoms with Crippen LogP contribution in [0, 0.1) is 6.92 Å². The monoisotopic (exact) mass is 304 g/mol. The van der Waals surface area contributed by atoms with Crippen molar-refractivity contribution in [3.63, 3.8) is 0 Å². The lowest BCUT2D eigenvalue weighted by atomic mass is 10.1. The predicted molar refractivity (Wildman–Crippen MR) is 85.9 cm³/mol. The molecule has 1 aromatic heterocycles. The van der Waals surface area contributed by atoms with Crippen LogP contribution >= 0.6 is 11.3 Å². The number of aromatic nitrogens is 1. The summed E-state index contributed by atoms with van der Waals surface area (Å²) in [6, 6.07) is 8.52. The summed E-state index contributed by atoms with van der Waals surface area (Å²) in [5.74, 6) is -0.831. The molecule has 1 aromatic carbocycles. The zero-order valence-electron chi connectivity index (χ0n) is 12.3. The van der Waals surface area contributed by atoms with Crippen LogP contribution in [0.2, 0.25) is 0 Å². The van der Waals surface area contributed by atoms with Gasteiger partial charge < -0.3 is 10.4 Å². The maximum atomic E-state index is 10.4. The zero-order chi connectivity index (χ0) is 15.2. The minimum absolute atomic E-state index is 0.00427. The van der Waals surface area contributed by atoms with E-state index < -0.39 is 5.97 Å². The molecule has 0 atom stereocenters. The van der Waals surface area contributed by atoms with Gasteiger partial charge in [-0.05, 0) is 18.9 Å². The van der Waals surface area contributed by atoms with Crippen LogP contribution in [-0.2, 0) is 17.6 Å². The number of aryl methyl sites for hydroxylation is 2. The van der Waals surface area contributed by atoms with Crippen LogP contribution < -0.4 is 5.32 Å². The minimum atomic E-state index is -0.831. The number of carbonyl (C=O) groups is 1. The van der Waals surface area contributed by atoms with Crippen LogP contribution in [0.25, 0.3) is 11.3 Å². The number of benzene rings is 1. The third-order valence-electron chi connectivity index (χ3n) is 3.27. The number of carboxylic acids is 1. The second kappa shape index (κ2) is 7.33. The lowest BCUT2D eigenvalue weighted by molar-refractivity contribution is -0.135. The van der Waals surface area contributed by atoms with Crippen LogP contribution in [0.1, 0.15) is 22.4 Å². The number of nitrogens with zero attached hydrogens (tertiary/aromatic N) is 1. The molecule has 5 heteroatoms. The van der Waals surface area contributed by atoms with E-state index in [-0.39, 0.29) is 6.54 Å². The Bertz CT molecular complexity index is 605. The first-order chi connectivity index (χ1) is 10.1. The first-order valence-electron chi connectivity index (χ1n) is 7.08. The third kappa shape index (κ3) is 4.37.